The van der Waals surface area contributed by atoms with Gasteiger partial charge >= 0.3 is 12.6 Å². The number of halogens is 1. The topological polar surface area (TPSA) is 159 Å². The Morgan fingerprint density at radius 3 is 2.76 bits per heavy atom. The maximum absolute atomic E-state index is 16.2. The van der Waals surface area contributed by atoms with Crippen molar-refractivity contribution >= 4 is 47.3 Å². The number of esters is 1. The van der Waals surface area contributed by atoms with E-state index in [1.165, 1.54) is 10.9 Å². The minimum absolute atomic E-state index is 0.0768. The zero-order valence-corrected chi connectivity index (χ0v) is 24.5. The number of imidazole rings is 1. The first-order valence-corrected chi connectivity index (χ1v) is 15.2. The molecule has 41 heavy (non-hydrogen) atoms. The Morgan fingerprint density at radius 2 is 2.12 bits per heavy atom. The van der Waals surface area contributed by atoms with Crippen LogP contribution in [-0.4, -0.2) is 81.8 Å². The number of para-hydroxylation sites is 1. The van der Waals surface area contributed by atoms with Gasteiger partial charge in [0.25, 0.3) is 0 Å². The number of nitrogen functional groups attached to an aromatic ring is 1. The minimum atomic E-state index is -3.49. The van der Waals surface area contributed by atoms with Crippen LogP contribution in [0, 0.1) is 12.3 Å². The van der Waals surface area contributed by atoms with Gasteiger partial charge in [-0.15, -0.1) is 6.42 Å². The lowest BCUT2D eigenvalue weighted by Gasteiger charge is -2.27. The summed E-state index contributed by atoms with van der Waals surface area (Å²) in [5, 5.41) is 13.9. The van der Waals surface area contributed by atoms with Gasteiger partial charge in [0.1, 0.15) is 24.0 Å². The highest BCUT2D eigenvalue weighted by atomic mass is 32.5. The van der Waals surface area contributed by atoms with Gasteiger partial charge in [-0.1, -0.05) is 24.1 Å². The number of rotatable bonds is 11. The van der Waals surface area contributed by atoms with Crippen molar-refractivity contribution in [3.63, 3.8) is 0 Å². The van der Waals surface area contributed by atoms with Crippen LogP contribution < -0.4 is 20.2 Å². The Hall–Kier alpha value is -3.38. The first-order chi connectivity index (χ1) is 19.4. The van der Waals surface area contributed by atoms with Gasteiger partial charge in [-0.25, -0.2) is 14.5 Å². The second-order valence-corrected chi connectivity index (χ2v) is 12.4. The summed E-state index contributed by atoms with van der Waals surface area (Å²) in [4.78, 5) is 26.6. The van der Waals surface area contributed by atoms with E-state index in [-0.39, 0.29) is 18.2 Å². The summed E-state index contributed by atoms with van der Waals surface area (Å²) in [7, 11) is 3.48. The monoisotopic (exact) mass is 607 g/mol. The maximum atomic E-state index is 16.2. The van der Waals surface area contributed by atoms with Crippen LogP contribution in [0.25, 0.3) is 11.2 Å². The fraction of sp³-hybridized carbons (Fsp3) is 0.440. The van der Waals surface area contributed by atoms with Gasteiger partial charge in [0.05, 0.1) is 19.5 Å². The molecule has 0 aliphatic carbocycles. The zero-order valence-electron chi connectivity index (χ0n) is 22.8. The smallest absolute Gasteiger partial charge is 0.323 e. The molecule has 3 heterocycles. The zero-order chi connectivity index (χ0) is 29.9. The average Bonchev–Trinajstić information content (AvgIpc) is 3.45. The Kier molecular flexibility index (Phi) is 9.13. The van der Waals surface area contributed by atoms with Gasteiger partial charge in [0.15, 0.2) is 23.2 Å². The fourth-order valence-corrected chi connectivity index (χ4v) is 6.57. The highest BCUT2D eigenvalue weighted by molar-refractivity contribution is 8.09. The number of fused-ring (bicyclic) bond motifs is 1. The second-order valence-electron chi connectivity index (χ2n) is 9.31. The van der Waals surface area contributed by atoms with E-state index in [9.17, 15) is 9.90 Å². The van der Waals surface area contributed by atoms with Crippen LogP contribution in [0.4, 0.5) is 16.2 Å². The number of aliphatic hydroxyl groups is 1. The van der Waals surface area contributed by atoms with Crippen LogP contribution in [0.3, 0.4) is 0 Å². The number of ether oxygens (including phenoxy) is 2. The predicted octanol–water partition coefficient (Wildman–Crippen LogP) is 1.94. The van der Waals surface area contributed by atoms with Gasteiger partial charge < -0.3 is 34.3 Å². The molecule has 0 amide bonds. The van der Waals surface area contributed by atoms with Crippen molar-refractivity contribution in [2.75, 3.05) is 37.9 Å². The SMILES string of the molecule is C#C[C@@]1(F)[C@H](O)[C@@H](COP(=S)(N[C@@H](C)C(=O)OCC)Oc2ccccc2)O[C@H]1n1cnc2c(N(C)C)nc(N)nc21. The molecule has 6 atom stereocenters. The van der Waals surface area contributed by atoms with Crippen LogP contribution >= 0.6 is 6.64 Å². The molecule has 1 aromatic carbocycles. The minimum Gasteiger partial charge on any atom is -0.465 e. The third kappa shape index (κ3) is 6.28. The number of carbonyl (C=O) groups excluding carboxylic acids is 1. The second kappa shape index (κ2) is 12.2. The van der Waals surface area contributed by atoms with E-state index in [1.807, 2.05) is 5.92 Å². The fourth-order valence-electron chi connectivity index (χ4n) is 4.15. The summed E-state index contributed by atoms with van der Waals surface area (Å²) in [6, 6.07) is 7.67. The molecule has 220 valence electrons. The number of anilines is 2. The molecule has 0 radical (unpaired) electrons. The summed E-state index contributed by atoms with van der Waals surface area (Å²) in [6.45, 7) is -0.554. The number of terminal acetylenes is 1. The lowest BCUT2D eigenvalue weighted by atomic mass is 9.97. The number of hydrogen-bond acceptors (Lipinski definition) is 12. The Balaban J connectivity index is 1.61. The van der Waals surface area contributed by atoms with Crippen molar-refractivity contribution in [1.29, 1.82) is 0 Å². The molecule has 4 N–H and O–H groups in total. The van der Waals surface area contributed by atoms with E-state index in [2.05, 4.69) is 20.0 Å². The van der Waals surface area contributed by atoms with E-state index in [4.69, 9.17) is 42.5 Å². The van der Waals surface area contributed by atoms with Crippen molar-refractivity contribution in [3.05, 3.63) is 36.7 Å². The van der Waals surface area contributed by atoms with Gasteiger partial charge in [0.2, 0.25) is 11.6 Å². The van der Waals surface area contributed by atoms with Gasteiger partial charge in [0, 0.05) is 14.1 Å². The van der Waals surface area contributed by atoms with E-state index >= 15 is 4.39 Å². The summed E-state index contributed by atoms with van der Waals surface area (Å²) in [5.41, 5.74) is 3.65. The first kappa shape index (κ1) is 30.6. The molecule has 0 saturated carbocycles. The third-order valence-electron chi connectivity index (χ3n) is 6.13. The number of nitrogens with zero attached hydrogens (tertiary/aromatic N) is 5. The highest BCUT2D eigenvalue weighted by Crippen LogP contribution is 2.48. The number of carbonyl (C=O) groups is 1. The van der Waals surface area contributed by atoms with Crippen LogP contribution in [0.1, 0.15) is 20.1 Å². The molecular formula is C25H31FN7O6PS. The maximum Gasteiger partial charge on any atom is 0.323 e. The van der Waals surface area contributed by atoms with Crippen LogP contribution in [-0.2, 0) is 30.6 Å². The number of benzene rings is 1. The number of aromatic nitrogens is 4. The third-order valence-corrected chi connectivity index (χ3v) is 8.63. The number of alkyl halides is 1. The lowest BCUT2D eigenvalue weighted by molar-refractivity contribution is -0.144. The molecule has 2 aromatic heterocycles. The largest absolute Gasteiger partial charge is 0.465 e. The Morgan fingerprint density at radius 1 is 1.41 bits per heavy atom. The number of aliphatic hydroxyl groups excluding tert-OH is 1. The van der Waals surface area contributed by atoms with E-state index < -0.39 is 49.4 Å². The molecular weight excluding hydrogens is 576 g/mol. The molecule has 3 aromatic rings. The Bertz CT molecular complexity index is 1490. The quantitative estimate of drug-likeness (QED) is 0.165. The summed E-state index contributed by atoms with van der Waals surface area (Å²) in [6.07, 6.45) is 2.16. The van der Waals surface area contributed by atoms with Crippen LogP contribution in [0.2, 0.25) is 0 Å². The number of hydrogen-bond donors (Lipinski definition) is 3. The van der Waals surface area contributed by atoms with Crippen molar-refractivity contribution in [1.82, 2.24) is 24.6 Å². The molecule has 1 aliphatic rings. The summed E-state index contributed by atoms with van der Waals surface area (Å²) < 4.78 is 40.3. The van der Waals surface area contributed by atoms with Gasteiger partial charge in [-0.05, 0) is 37.8 Å². The molecule has 4 rings (SSSR count). The lowest BCUT2D eigenvalue weighted by Crippen LogP contribution is -2.42. The van der Waals surface area contributed by atoms with E-state index in [0.29, 0.717) is 17.1 Å². The molecule has 13 nitrogen and oxygen atoms in total. The van der Waals surface area contributed by atoms with Gasteiger partial charge in [-0.3, -0.25) is 9.36 Å². The molecule has 1 fully saturated rings. The normalized spacial score (nSPS) is 24.4. The highest BCUT2D eigenvalue weighted by Gasteiger charge is 2.58. The summed E-state index contributed by atoms with van der Waals surface area (Å²) in [5.74, 6) is 2.14. The van der Waals surface area contributed by atoms with Crippen molar-refractivity contribution < 1.29 is 32.8 Å². The Labute approximate surface area is 241 Å². The van der Waals surface area contributed by atoms with Crippen LogP contribution in [0.5, 0.6) is 5.75 Å². The van der Waals surface area contributed by atoms with Crippen LogP contribution in [0.15, 0.2) is 36.7 Å². The molecule has 16 heteroatoms. The summed E-state index contributed by atoms with van der Waals surface area (Å²) >= 11 is 5.67. The average molecular weight is 608 g/mol. The van der Waals surface area contributed by atoms with Crippen molar-refractivity contribution in [2.45, 2.75) is 44.0 Å². The molecule has 1 aliphatic heterocycles. The van der Waals surface area contributed by atoms with Crippen molar-refractivity contribution in [2.24, 2.45) is 0 Å². The molecule has 1 unspecified atom stereocenters. The molecule has 1 saturated heterocycles. The van der Waals surface area contributed by atoms with Crippen molar-refractivity contribution in [3.8, 4) is 18.1 Å². The first-order valence-electron chi connectivity index (χ1n) is 12.5. The number of nitrogens with one attached hydrogen (secondary N) is 1. The molecule has 0 bridgehead atoms. The molecule has 0 spiro atoms. The van der Waals surface area contributed by atoms with Gasteiger partial charge in [-0.2, -0.15) is 9.97 Å². The standard InChI is InChI=1S/C25H31FN7O6PS/c1-6-25(26)19(34)17(38-23(25)33-14-28-18-20(32(4)5)29-24(27)30-21(18)33)13-37-40(41,31-15(3)22(35)36-7-2)39-16-11-9-8-10-12-16/h1,8-12,14-15,17,19,23,34H,7,13H2,2-5H3,(H,31,41)(H2,27,29,30)/t15-,17+,19+,23+,25+,40?/m0/s1. The van der Waals surface area contributed by atoms with E-state index in [0.717, 1.165) is 0 Å². The number of nitrogens with two attached hydrogens (primary N) is 1. The predicted molar refractivity (Wildman–Crippen MR) is 153 cm³/mol. The van der Waals surface area contributed by atoms with E-state index in [1.54, 1.807) is 63.2 Å².